The summed E-state index contributed by atoms with van der Waals surface area (Å²) >= 11 is 0. The highest BCUT2D eigenvalue weighted by Gasteiger charge is 1.95. The van der Waals surface area contributed by atoms with Gasteiger partial charge in [-0.1, -0.05) is 12.8 Å². The van der Waals surface area contributed by atoms with Crippen LogP contribution in [-0.4, -0.2) is 38.7 Å². The number of hydrogen-bond acceptors (Lipinski definition) is 2. The molecule has 0 aromatic heterocycles. The first-order valence-electron chi connectivity index (χ1n) is 6.07. The van der Waals surface area contributed by atoms with Crippen molar-refractivity contribution in [2.45, 2.75) is 32.6 Å². The molecule has 6 nitrogen and oxygen atoms in total. The van der Waals surface area contributed by atoms with Gasteiger partial charge in [0.15, 0.2) is 5.96 Å². The standard InChI is InChI=1S/C11H25N5O/c1-3-14-11(16-10(12)13)15-8-6-4-5-7-9-17-2/h3-9H2,1-2H3,(H5,12,13,14,15,16). The molecule has 0 aliphatic heterocycles. The minimum atomic E-state index is 0.0322. The Kier molecular flexibility index (Phi) is 10.3. The van der Waals surface area contributed by atoms with E-state index in [1.807, 2.05) is 6.92 Å². The third kappa shape index (κ3) is 11.0. The summed E-state index contributed by atoms with van der Waals surface area (Å²) in [6, 6.07) is 0. The van der Waals surface area contributed by atoms with Gasteiger partial charge in [-0.05, 0) is 19.8 Å². The quantitative estimate of drug-likeness (QED) is 0.327. The summed E-state index contributed by atoms with van der Waals surface area (Å²) < 4.78 is 4.98. The van der Waals surface area contributed by atoms with Crippen molar-refractivity contribution < 1.29 is 4.74 Å². The Bertz CT molecular complexity index is 236. The maximum Gasteiger partial charge on any atom is 0.221 e. The molecule has 0 spiro atoms. The molecule has 0 rings (SSSR count). The van der Waals surface area contributed by atoms with E-state index in [4.69, 9.17) is 16.2 Å². The number of nitrogens with two attached hydrogens (primary N) is 2. The molecule has 100 valence electrons. The lowest BCUT2D eigenvalue weighted by molar-refractivity contribution is 0.192. The Labute approximate surface area is 104 Å². The van der Waals surface area contributed by atoms with Crippen molar-refractivity contribution in [2.75, 3.05) is 26.8 Å². The van der Waals surface area contributed by atoms with Crippen molar-refractivity contribution >= 4 is 11.9 Å². The SMILES string of the molecule is CCNC(N=C(N)N)=NCCCCCCOC. The Morgan fingerprint density at radius 2 is 1.88 bits per heavy atom. The van der Waals surface area contributed by atoms with E-state index in [1.54, 1.807) is 7.11 Å². The first-order chi connectivity index (χ1) is 8.20. The number of unbranched alkanes of at least 4 members (excludes halogenated alkanes) is 3. The largest absolute Gasteiger partial charge is 0.385 e. The molecule has 0 aliphatic rings. The molecule has 0 radical (unpaired) electrons. The van der Waals surface area contributed by atoms with Gasteiger partial charge in [-0.25, -0.2) is 0 Å². The van der Waals surface area contributed by atoms with Crippen LogP contribution in [0.4, 0.5) is 0 Å². The van der Waals surface area contributed by atoms with Gasteiger partial charge in [-0.2, -0.15) is 4.99 Å². The average molecular weight is 243 g/mol. The van der Waals surface area contributed by atoms with Gasteiger partial charge in [-0.3, -0.25) is 4.99 Å². The number of nitrogens with one attached hydrogen (secondary N) is 1. The van der Waals surface area contributed by atoms with E-state index in [1.165, 1.54) is 6.42 Å². The summed E-state index contributed by atoms with van der Waals surface area (Å²) in [6.07, 6.45) is 4.46. The van der Waals surface area contributed by atoms with Gasteiger partial charge in [0.2, 0.25) is 5.96 Å². The molecule has 0 atom stereocenters. The van der Waals surface area contributed by atoms with Crippen LogP contribution in [0, 0.1) is 0 Å². The van der Waals surface area contributed by atoms with Crippen molar-refractivity contribution in [1.29, 1.82) is 0 Å². The number of ether oxygens (including phenoxy) is 1. The van der Waals surface area contributed by atoms with Crippen LogP contribution in [0.1, 0.15) is 32.6 Å². The number of hydrogen-bond donors (Lipinski definition) is 3. The lowest BCUT2D eigenvalue weighted by atomic mass is 10.2. The van der Waals surface area contributed by atoms with Gasteiger partial charge >= 0.3 is 0 Å². The highest BCUT2D eigenvalue weighted by molar-refractivity contribution is 5.93. The van der Waals surface area contributed by atoms with Crippen LogP contribution in [0.3, 0.4) is 0 Å². The summed E-state index contributed by atoms with van der Waals surface area (Å²) in [5.41, 5.74) is 10.6. The third-order valence-electron chi connectivity index (χ3n) is 2.09. The van der Waals surface area contributed by atoms with Crippen molar-refractivity contribution in [3.63, 3.8) is 0 Å². The van der Waals surface area contributed by atoms with Crippen LogP contribution in [0.25, 0.3) is 0 Å². The molecule has 0 heterocycles. The predicted molar refractivity (Wildman–Crippen MR) is 72.1 cm³/mol. The van der Waals surface area contributed by atoms with E-state index in [0.29, 0.717) is 5.96 Å². The van der Waals surface area contributed by atoms with Crippen LogP contribution in [-0.2, 0) is 4.74 Å². The zero-order valence-corrected chi connectivity index (χ0v) is 10.9. The smallest absolute Gasteiger partial charge is 0.221 e. The summed E-state index contributed by atoms with van der Waals surface area (Å²) in [5, 5.41) is 3.01. The fraction of sp³-hybridized carbons (Fsp3) is 0.818. The second kappa shape index (κ2) is 11.2. The van der Waals surface area contributed by atoms with E-state index >= 15 is 0 Å². The van der Waals surface area contributed by atoms with E-state index in [-0.39, 0.29) is 5.96 Å². The van der Waals surface area contributed by atoms with Crippen molar-refractivity contribution in [3.8, 4) is 0 Å². The first kappa shape index (κ1) is 15.7. The fourth-order valence-corrected chi connectivity index (χ4v) is 1.31. The van der Waals surface area contributed by atoms with Crippen LogP contribution >= 0.6 is 0 Å². The lowest BCUT2D eigenvalue weighted by Gasteiger charge is -2.03. The van der Waals surface area contributed by atoms with Crippen LogP contribution in [0.5, 0.6) is 0 Å². The first-order valence-corrected chi connectivity index (χ1v) is 6.07. The van der Waals surface area contributed by atoms with Gasteiger partial charge in [-0.15, -0.1) is 0 Å². The van der Waals surface area contributed by atoms with Crippen LogP contribution in [0.2, 0.25) is 0 Å². The molecule has 0 aliphatic carbocycles. The second-order valence-electron chi connectivity index (χ2n) is 3.68. The molecule has 5 N–H and O–H groups in total. The van der Waals surface area contributed by atoms with Gasteiger partial charge in [0, 0.05) is 26.8 Å². The number of methoxy groups -OCH3 is 1. The Hall–Kier alpha value is -1.30. The minimum absolute atomic E-state index is 0.0322. The van der Waals surface area contributed by atoms with Gasteiger partial charge in [0.05, 0.1) is 0 Å². The molecule has 0 fully saturated rings. The highest BCUT2D eigenvalue weighted by Crippen LogP contribution is 2.00. The summed E-state index contributed by atoms with van der Waals surface area (Å²) in [5.74, 6) is 0.550. The van der Waals surface area contributed by atoms with E-state index < -0.39 is 0 Å². The summed E-state index contributed by atoms with van der Waals surface area (Å²) in [4.78, 5) is 8.20. The zero-order valence-electron chi connectivity index (χ0n) is 10.9. The van der Waals surface area contributed by atoms with Crippen molar-refractivity contribution in [1.82, 2.24) is 5.32 Å². The molecule has 0 saturated heterocycles. The normalized spacial score (nSPS) is 11.3. The third-order valence-corrected chi connectivity index (χ3v) is 2.09. The topological polar surface area (TPSA) is 98.0 Å². The number of rotatable bonds is 8. The molecule has 0 aromatic rings. The van der Waals surface area contributed by atoms with Gasteiger partial charge in [0.25, 0.3) is 0 Å². The van der Waals surface area contributed by atoms with E-state index in [9.17, 15) is 0 Å². The molecule has 6 heteroatoms. The van der Waals surface area contributed by atoms with E-state index in [2.05, 4.69) is 15.3 Å². The molecule has 0 bridgehead atoms. The lowest BCUT2D eigenvalue weighted by Crippen LogP contribution is -2.29. The Balaban J connectivity index is 3.73. The maximum atomic E-state index is 5.30. The minimum Gasteiger partial charge on any atom is -0.385 e. The molecule has 0 unspecified atom stereocenters. The molecule has 17 heavy (non-hydrogen) atoms. The molecule has 0 aromatic carbocycles. The number of nitrogens with zero attached hydrogens (tertiary/aromatic N) is 2. The average Bonchev–Trinajstić information content (AvgIpc) is 2.27. The van der Waals surface area contributed by atoms with Gasteiger partial charge < -0.3 is 21.5 Å². The number of aliphatic imine (C=N–C) groups is 2. The van der Waals surface area contributed by atoms with Crippen LogP contribution in [0.15, 0.2) is 9.98 Å². The zero-order chi connectivity index (χ0) is 12.9. The van der Waals surface area contributed by atoms with E-state index in [0.717, 1.165) is 39.0 Å². The monoisotopic (exact) mass is 243 g/mol. The number of guanidine groups is 2. The fourth-order valence-electron chi connectivity index (χ4n) is 1.31. The van der Waals surface area contributed by atoms with Gasteiger partial charge in [0.1, 0.15) is 0 Å². The predicted octanol–water partition coefficient (Wildman–Crippen LogP) is 0.432. The molecular weight excluding hydrogens is 218 g/mol. The molecular formula is C11H25N5O. The Morgan fingerprint density at radius 3 is 2.47 bits per heavy atom. The summed E-state index contributed by atoms with van der Waals surface area (Å²) in [6.45, 7) is 4.30. The highest BCUT2D eigenvalue weighted by atomic mass is 16.5. The van der Waals surface area contributed by atoms with Crippen molar-refractivity contribution in [2.24, 2.45) is 21.5 Å². The Morgan fingerprint density at radius 1 is 1.18 bits per heavy atom. The summed E-state index contributed by atoms with van der Waals surface area (Å²) in [7, 11) is 1.72. The molecule has 0 saturated carbocycles. The second-order valence-corrected chi connectivity index (χ2v) is 3.68. The van der Waals surface area contributed by atoms with Crippen LogP contribution < -0.4 is 16.8 Å². The maximum absolute atomic E-state index is 5.30. The molecule has 0 amide bonds. The van der Waals surface area contributed by atoms with Crippen molar-refractivity contribution in [3.05, 3.63) is 0 Å².